The summed E-state index contributed by atoms with van der Waals surface area (Å²) >= 11 is 0. The normalized spacial score (nSPS) is 14.9. The van der Waals surface area contributed by atoms with Crippen molar-refractivity contribution in [2.75, 3.05) is 32.7 Å². The third kappa shape index (κ3) is 4.85. The zero-order valence-electron chi connectivity index (χ0n) is 19.9. The van der Waals surface area contributed by atoms with Gasteiger partial charge >= 0.3 is 0 Å². The molecule has 4 aromatic rings. The predicted molar refractivity (Wildman–Crippen MR) is 137 cm³/mol. The Morgan fingerprint density at radius 1 is 0.941 bits per heavy atom. The quantitative estimate of drug-likeness (QED) is 0.394. The van der Waals surface area contributed by atoms with Crippen LogP contribution in [0.15, 0.2) is 77.2 Å². The van der Waals surface area contributed by atoms with Crippen molar-refractivity contribution in [3.05, 3.63) is 101 Å². The first kappa shape index (κ1) is 22.2. The van der Waals surface area contributed by atoms with E-state index in [1.807, 2.05) is 30.0 Å². The first-order valence-corrected chi connectivity index (χ1v) is 12.0. The van der Waals surface area contributed by atoms with Gasteiger partial charge in [-0.15, -0.1) is 0 Å². The fourth-order valence-corrected chi connectivity index (χ4v) is 4.70. The molecule has 0 atom stereocenters. The fourth-order valence-electron chi connectivity index (χ4n) is 4.70. The molecule has 5 rings (SSSR count). The third-order valence-corrected chi connectivity index (χ3v) is 6.49. The minimum Gasteiger partial charge on any atom is -0.460 e. The Kier molecular flexibility index (Phi) is 6.37. The number of aryl methyl sites for hydroxylation is 2. The molecule has 3 heterocycles. The summed E-state index contributed by atoms with van der Waals surface area (Å²) in [7, 11) is 0. The van der Waals surface area contributed by atoms with Gasteiger partial charge in [-0.05, 0) is 25.0 Å². The Morgan fingerprint density at radius 2 is 1.74 bits per heavy atom. The number of carbonyl (C=O) groups is 1. The molecule has 0 spiro atoms. The highest BCUT2D eigenvalue weighted by Crippen LogP contribution is 2.26. The van der Waals surface area contributed by atoms with Crippen molar-refractivity contribution in [1.29, 1.82) is 0 Å². The molecule has 0 radical (unpaired) electrons. The van der Waals surface area contributed by atoms with Crippen LogP contribution in [0.4, 0.5) is 0 Å². The number of aromatic nitrogens is 1. The smallest absolute Gasteiger partial charge is 0.270 e. The number of benzene rings is 2. The number of hydrogen-bond donors (Lipinski definition) is 0. The Bertz CT molecular complexity index is 1310. The lowest BCUT2D eigenvalue weighted by atomic mass is 10.1. The van der Waals surface area contributed by atoms with Crippen molar-refractivity contribution in [2.24, 2.45) is 0 Å². The summed E-state index contributed by atoms with van der Waals surface area (Å²) in [5.74, 6) is 0.940. The SMILES string of the molecule is Cc1cccc(Cn2c(C(=O)N3CCN(C/C=C/c4ccccc4)CC3)cc3oc(C)cc32)c1. The van der Waals surface area contributed by atoms with Crippen molar-refractivity contribution in [2.45, 2.75) is 20.4 Å². The lowest BCUT2D eigenvalue weighted by Crippen LogP contribution is -2.49. The number of fused-ring (bicyclic) bond motifs is 1. The molecule has 0 saturated carbocycles. The summed E-state index contributed by atoms with van der Waals surface area (Å²) < 4.78 is 7.99. The van der Waals surface area contributed by atoms with Gasteiger partial charge in [0.2, 0.25) is 0 Å². The molecule has 1 amide bonds. The van der Waals surface area contributed by atoms with Crippen molar-refractivity contribution in [3.8, 4) is 0 Å². The van der Waals surface area contributed by atoms with E-state index in [1.165, 1.54) is 16.7 Å². The number of rotatable bonds is 6. The Labute approximate surface area is 200 Å². The molecule has 174 valence electrons. The third-order valence-electron chi connectivity index (χ3n) is 6.49. The van der Waals surface area contributed by atoms with Crippen molar-refractivity contribution < 1.29 is 9.21 Å². The Hall–Kier alpha value is -3.57. The standard InChI is InChI=1S/C29H31N3O2/c1-22-8-6-11-25(18-22)21-32-26-19-23(2)34-28(26)20-27(32)29(33)31-16-14-30(15-17-31)13-7-12-24-9-4-3-5-10-24/h3-12,18-20H,13-17,21H2,1-2H3/b12-7+. The van der Waals surface area contributed by atoms with E-state index in [0.717, 1.165) is 49.6 Å². The summed E-state index contributed by atoms with van der Waals surface area (Å²) in [6.07, 6.45) is 4.36. The maximum atomic E-state index is 13.6. The van der Waals surface area contributed by atoms with E-state index >= 15 is 0 Å². The molecule has 0 bridgehead atoms. The van der Waals surface area contributed by atoms with Crippen LogP contribution in [-0.2, 0) is 6.54 Å². The Morgan fingerprint density at radius 3 is 2.50 bits per heavy atom. The molecule has 1 aliphatic heterocycles. The monoisotopic (exact) mass is 453 g/mol. The van der Waals surface area contributed by atoms with Crippen LogP contribution in [-0.4, -0.2) is 53.0 Å². The van der Waals surface area contributed by atoms with E-state index in [2.05, 4.69) is 77.1 Å². The summed E-state index contributed by atoms with van der Waals surface area (Å²) in [6.45, 7) is 8.79. The second kappa shape index (κ2) is 9.74. The molecule has 5 heteroatoms. The molecule has 1 aliphatic rings. The van der Waals surface area contributed by atoms with Gasteiger partial charge in [0.25, 0.3) is 5.91 Å². The van der Waals surface area contributed by atoms with Crippen LogP contribution < -0.4 is 0 Å². The predicted octanol–water partition coefficient (Wildman–Crippen LogP) is 5.37. The van der Waals surface area contributed by atoms with Crippen LogP contribution in [0.25, 0.3) is 17.2 Å². The Balaban J connectivity index is 1.28. The van der Waals surface area contributed by atoms with Crippen LogP contribution >= 0.6 is 0 Å². The summed E-state index contributed by atoms with van der Waals surface area (Å²) in [5, 5.41) is 0. The second-order valence-electron chi connectivity index (χ2n) is 9.12. The molecule has 0 N–H and O–H groups in total. The minimum absolute atomic E-state index is 0.0798. The van der Waals surface area contributed by atoms with E-state index < -0.39 is 0 Å². The van der Waals surface area contributed by atoms with E-state index in [0.29, 0.717) is 12.2 Å². The van der Waals surface area contributed by atoms with Crippen LogP contribution in [0.2, 0.25) is 0 Å². The van der Waals surface area contributed by atoms with Crippen LogP contribution in [0.5, 0.6) is 0 Å². The fraction of sp³-hybridized carbons (Fsp3) is 0.276. The highest BCUT2D eigenvalue weighted by Gasteiger charge is 2.26. The lowest BCUT2D eigenvalue weighted by molar-refractivity contribution is 0.0640. The van der Waals surface area contributed by atoms with Crippen LogP contribution in [0, 0.1) is 13.8 Å². The summed E-state index contributed by atoms with van der Waals surface area (Å²) in [6, 6.07) is 22.7. The van der Waals surface area contributed by atoms with Crippen molar-refractivity contribution >= 4 is 23.1 Å². The highest BCUT2D eigenvalue weighted by molar-refractivity contribution is 5.97. The first-order valence-electron chi connectivity index (χ1n) is 12.0. The van der Waals surface area contributed by atoms with E-state index in [4.69, 9.17) is 4.42 Å². The van der Waals surface area contributed by atoms with Gasteiger partial charge in [0, 0.05) is 51.4 Å². The van der Waals surface area contributed by atoms with Gasteiger partial charge < -0.3 is 13.9 Å². The van der Waals surface area contributed by atoms with Crippen molar-refractivity contribution in [1.82, 2.24) is 14.4 Å². The van der Waals surface area contributed by atoms with Gasteiger partial charge in [-0.3, -0.25) is 9.69 Å². The summed E-state index contributed by atoms with van der Waals surface area (Å²) in [4.78, 5) is 17.9. The molecule has 2 aromatic carbocycles. The molecular weight excluding hydrogens is 422 g/mol. The van der Waals surface area contributed by atoms with Gasteiger partial charge in [-0.25, -0.2) is 0 Å². The van der Waals surface area contributed by atoms with Gasteiger partial charge in [0.15, 0.2) is 5.58 Å². The molecule has 34 heavy (non-hydrogen) atoms. The van der Waals surface area contributed by atoms with Crippen LogP contribution in [0.1, 0.15) is 32.9 Å². The number of carbonyl (C=O) groups excluding carboxylic acids is 1. The molecule has 2 aromatic heterocycles. The molecule has 1 saturated heterocycles. The van der Waals surface area contributed by atoms with Crippen LogP contribution in [0.3, 0.4) is 0 Å². The van der Waals surface area contributed by atoms with E-state index in [-0.39, 0.29) is 5.91 Å². The van der Waals surface area contributed by atoms with E-state index in [1.54, 1.807) is 0 Å². The molecule has 1 fully saturated rings. The van der Waals surface area contributed by atoms with Gasteiger partial charge in [-0.1, -0.05) is 72.3 Å². The van der Waals surface area contributed by atoms with Gasteiger partial charge in [-0.2, -0.15) is 0 Å². The summed E-state index contributed by atoms with van der Waals surface area (Å²) in [5.41, 5.74) is 6.07. The molecule has 0 unspecified atom stereocenters. The number of hydrogen-bond acceptors (Lipinski definition) is 3. The number of furan rings is 1. The zero-order chi connectivity index (χ0) is 23.5. The maximum absolute atomic E-state index is 13.6. The molecule has 5 nitrogen and oxygen atoms in total. The van der Waals surface area contributed by atoms with Crippen molar-refractivity contribution in [3.63, 3.8) is 0 Å². The number of nitrogens with zero attached hydrogens (tertiary/aromatic N) is 3. The lowest BCUT2D eigenvalue weighted by Gasteiger charge is -2.34. The molecular formula is C29H31N3O2. The average molecular weight is 454 g/mol. The topological polar surface area (TPSA) is 41.6 Å². The maximum Gasteiger partial charge on any atom is 0.270 e. The minimum atomic E-state index is 0.0798. The largest absolute Gasteiger partial charge is 0.460 e. The molecule has 0 aliphatic carbocycles. The van der Waals surface area contributed by atoms with E-state index in [9.17, 15) is 4.79 Å². The highest BCUT2D eigenvalue weighted by atomic mass is 16.3. The van der Waals surface area contributed by atoms with Gasteiger partial charge in [0.05, 0.1) is 5.52 Å². The first-order chi connectivity index (χ1) is 16.6. The van der Waals surface area contributed by atoms with Gasteiger partial charge in [0.1, 0.15) is 11.5 Å². The average Bonchev–Trinajstić information content (AvgIpc) is 3.36. The zero-order valence-corrected chi connectivity index (χ0v) is 19.9. The number of amides is 1. The number of piperazine rings is 1. The second-order valence-corrected chi connectivity index (χ2v) is 9.12.